The molecule has 0 saturated carbocycles. The van der Waals surface area contributed by atoms with Crippen LogP contribution in [0.25, 0.3) is 6.08 Å². The number of hydrogen-bond donors (Lipinski definition) is 1. The number of thioether (sulfide) groups is 1. The highest BCUT2D eigenvalue weighted by Gasteiger charge is 2.24. The number of benzene rings is 2. The van der Waals surface area contributed by atoms with Gasteiger partial charge in [0.05, 0.1) is 24.3 Å². The average molecular weight is 382 g/mol. The number of rotatable bonds is 5. The van der Waals surface area contributed by atoms with Gasteiger partial charge < -0.3 is 14.8 Å². The number of hydrogen-bond acceptors (Lipinski definition) is 5. The van der Waals surface area contributed by atoms with Crippen LogP contribution in [0.15, 0.2) is 46.3 Å². The van der Waals surface area contributed by atoms with Gasteiger partial charge in [0.25, 0.3) is 5.91 Å². The third-order valence-electron chi connectivity index (χ3n) is 4.17. The monoisotopic (exact) mass is 382 g/mol. The van der Waals surface area contributed by atoms with Gasteiger partial charge in [-0.15, -0.1) is 0 Å². The van der Waals surface area contributed by atoms with Crippen LogP contribution in [-0.4, -0.2) is 24.8 Å². The van der Waals surface area contributed by atoms with E-state index in [0.29, 0.717) is 22.4 Å². The lowest BCUT2D eigenvalue weighted by Gasteiger charge is -2.08. The quantitative estimate of drug-likeness (QED) is 0.768. The molecule has 27 heavy (non-hydrogen) atoms. The van der Waals surface area contributed by atoms with Crippen LogP contribution in [0.2, 0.25) is 0 Å². The first-order valence-electron chi connectivity index (χ1n) is 8.68. The lowest BCUT2D eigenvalue weighted by Crippen LogP contribution is -2.19. The number of carbonyl (C=O) groups is 1. The molecule has 1 saturated heterocycles. The Balaban J connectivity index is 1.85. The molecule has 1 fully saturated rings. The predicted molar refractivity (Wildman–Crippen MR) is 111 cm³/mol. The summed E-state index contributed by atoms with van der Waals surface area (Å²) in [5.74, 6) is 1.22. The van der Waals surface area contributed by atoms with Gasteiger partial charge in [-0.05, 0) is 74.0 Å². The van der Waals surface area contributed by atoms with Gasteiger partial charge in [0.15, 0.2) is 5.17 Å². The summed E-state index contributed by atoms with van der Waals surface area (Å²) >= 11 is 1.32. The van der Waals surface area contributed by atoms with Crippen molar-refractivity contribution in [2.24, 2.45) is 4.99 Å². The van der Waals surface area contributed by atoms with Crippen LogP contribution in [0.4, 0.5) is 5.69 Å². The number of nitrogens with zero attached hydrogens (tertiary/aromatic N) is 1. The Labute approximate surface area is 163 Å². The highest BCUT2D eigenvalue weighted by Crippen LogP contribution is 2.32. The van der Waals surface area contributed by atoms with Crippen molar-refractivity contribution in [3.63, 3.8) is 0 Å². The summed E-state index contributed by atoms with van der Waals surface area (Å²) in [5, 5.41) is 3.39. The highest BCUT2D eigenvalue weighted by molar-refractivity contribution is 8.18. The molecule has 0 aliphatic carbocycles. The minimum absolute atomic E-state index is 0.168. The van der Waals surface area contributed by atoms with Gasteiger partial charge in [0, 0.05) is 11.6 Å². The Kier molecular flexibility index (Phi) is 5.86. The normalized spacial score (nSPS) is 16.7. The standard InChI is InChI=1S/C21H22N2O3S/c1-5-26-17-9-7-15(18(12-17)25-4)11-19-20(24)23-21(27-19)22-16-8-6-13(2)14(3)10-16/h6-12H,5H2,1-4H3,(H,22,23,24)/b19-11+. The third-order valence-corrected chi connectivity index (χ3v) is 5.08. The molecule has 1 aliphatic heterocycles. The number of amides is 1. The summed E-state index contributed by atoms with van der Waals surface area (Å²) in [4.78, 5) is 17.4. The van der Waals surface area contributed by atoms with E-state index in [0.717, 1.165) is 17.0 Å². The number of nitrogens with one attached hydrogen (secondary N) is 1. The summed E-state index contributed by atoms with van der Waals surface area (Å²) in [6.45, 7) is 6.62. The van der Waals surface area contributed by atoms with E-state index in [-0.39, 0.29) is 5.91 Å². The number of amidine groups is 1. The van der Waals surface area contributed by atoms with Gasteiger partial charge in [0.1, 0.15) is 11.5 Å². The fourth-order valence-corrected chi connectivity index (χ4v) is 3.43. The number of aliphatic imine (C=N–C) groups is 1. The van der Waals surface area contributed by atoms with E-state index in [1.54, 1.807) is 13.2 Å². The molecular formula is C21H22N2O3S. The zero-order valence-corrected chi connectivity index (χ0v) is 16.6. The van der Waals surface area contributed by atoms with E-state index >= 15 is 0 Å². The van der Waals surface area contributed by atoms with E-state index in [2.05, 4.69) is 17.2 Å². The molecule has 6 heteroatoms. The lowest BCUT2D eigenvalue weighted by atomic mass is 10.1. The van der Waals surface area contributed by atoms with Crippen LogP contribution in [0.1, 0.15) is 23.6 Å². The van der Waals surface area contributed by atoms with Gasteiger partial charge >= 0.3 is 0 Å². The fourth-order valence-electron chi connectivity index (χ4n) is 2.60. The summed E-state index contributed by atoms with van der Waals surface area (Å²) in [6, 6.07) is 11.5. The van der Waals surface area contributed by atoms with E-state index in [4.69, 9.17) is 9.47 Å². The largest absolute Gasteiger partial charge is 0.496 e. The lowest BCUT2D eigenvalue weighted by molar-refractivity contribution is -0.115. The molecule has 0 radical (unpaired) electrons. The Morgan fingerprint density at radius 2 is 1.96 bits per heavy atom. The molecule has 1 heterocycles. The van der Waals surface area contributed by atoms with Crippen LogP contribution in [0, 0.1) is 13.8 Å². The van der Waals surface area contributed by atoms with Gasteiger partial charge in [0.2, 0.25) is 0 Å². The molecule has 0 atom stereocenters. The number of carbonyl (C=O) groups excluding carboxylic acids is 1. The molecule has 1 N–H and O–H groups in total. The minimum Gasteiger partial charge on any atom is -0.496 e. The minimum atomic E-state index is -0.168. The molecule has 1 aliphatic rings. The first-order chi connectivity index (χ1) is 13.0. The van der Waals surface area contributed by atoms with Crippen molar-refractivity contribution in [2.75, 3.05) is 13.7 Å². The summed E-state index contributed by atoms with van der Waals surface area (Å²) in [6.07, 6.45) is 1.80. The number of methoxy groups -OCH3 is 1. The molecule has 0 unspecified atom stereocenters. The number of aryl methyl sites for hydroxylation is 2. The Hall–Kier alpha value is -2.73. The van der Waals surface area contributed by atoms with Crippen molar-refractivity contribution < 1.29 is 14.3 Å². The maximum atomic E-state index is 12.3. The number of ether oxygens (including phenoxy) is 2. The van der Waals surface area contributed by atoms with Crippen LogP contribution < -0.4 is 14.8 Å². The van der Waals surface area contributed by atoms with E-state index < -0.39 is 0 Å². The van der Waals surface area contributed by atoms with Gasteiger partial charge in [-0.2, -0.15) is 0 Å². The second-order valence-corrected chi connectivity index (χ2v) is 7.12. The summed E-state index contributed by atoms with van der Waals surface area (Å²) in [7, 11) is 1.60. The molecular weight excluding hydrogens is 360 g/mol. The molecule has 3 rings (SSSR count). The maximum absolute atomic E-state index is 12.3. The SMILES string of the molecule is CCOc1ccc(/C=C2/SC(=Nc3ccc(C)c(C)c3)NC2=O)c(OC)c1. The molecule has 5 nitrogen and oxygen atoms in total. The summed E-state index contributed by atoms with van der Waals surface area (Å²) in [5.41, 5.74) is 4.01. The van der Waals surface area contributed by atoms with Crippen molar-refractivity contribution >= 4 is 34.6 Å². The van der Waals surface area contributed by atoms with Crippen molar-refractivity contribution in [1.29, 1.82) is 0 Å². The summed E-state index contributed by atoms with van der Waals surface area (Å²) < 4.78 is 10.9. The van der Waals surface area contributed by atoms with Crippen LogP contribution >= 0.6 is 11.8 Å². The fraction of sp³-hybridized carbons (Fsp3) is 0.238. The van der Waals surface area contributed by atoms with E-state index in [9.17, 15) is 4.79 Å². The van der Waals surface area contributed by atoms with Crippen LogP contribution in [0.3, 0.4) is 0 Å². The molecule has 1 amide bonds. The molecule has 2 aromatic rings. The molecule has 140 valence electrons. The van der Waals surface area contributed by atoms with Crippen molar-refractivity contribution in [2.45, 2.75) is 20.8 Å². The first kappa shape index (κ1) is 19.0. The molecule has 2 aromatic carbocycles. The van der Waals surface area contributed by atoms with Crippen molar-refractivity contribution in [3.8, 4) is 11.5 Å². The highest BCUT2D eigenvalue weighted by atomic mass is 32.2. The Morgan fingerprint density at radius 3 is 2.67 bits per heavy atom. The van der Waals surface area contributed by atoms with Crippen molar-refractivity contribution in [1.82, 2.24) is 5.32 Å². The smallest absolute Gasteiger partial charge is 0.264 e. The van der Waals surface area contributed by atoms with Crippen molar-refractivity contribution in [3.05, 3.63) is 58.0 Å². The Bertz CT molecular complexity index is 935. The average Bonchev–Trinajstić information content (AvgIpc) is 2.98. The van der Waals surface area contributed by atoms with Crippen LogP contribution in [0.5, 0.6) is 11.5 Å². The Morgan fingerprint density at radius 1 is 1.15 bits per heavy atom. The first-order valence-corrected chi connectivity index (χ1v) is 9.49. The van der Waals surface area contributed by atoms with E-state index in [1.807, 2.05) is 50.2 Å². The topological polar surface area (TPSA) is 59.9 Å². The third kappa shape index (κ3) is 4.52. The zero-order chi connectivity index (χ0) is 19.4. The zero-order valence-electron chi connectivity index (χ0n) is 15.8. The second kappa shape index (κ2) is 8.31. The van der Waals surface area contributed by atoms with Gasteiger partial charge in [-0.3, -0.25) is 4.79 Å². The van der Waals surface area contributed by atoms with Crippen LogP contribution in [-0.2, 0) is 4.79 Å². The maximum Gasteiger partial charge on any atom is 0.264 e. The van der Waals surface area contributed by atoms with E-state index in [1.165, 1.54) is 22.9 Å². The second-order valence-electron chi connectivity index (χ2n) is 6.09. The van der Waals surface area contributed by atoms with Gasteiger partial charge in [-0.1, -0.05) is 6.07 Å². The molecule has 0 aromatic heterocycles. The molecule has 0 bridgehead atoms. The van der Waals surface area contributed by atoms with Gasteiger partial charge in [-0.25, -0.2) is 4.99 Å². The molecule has 0 spiro atoms. The predicted octanol–water partition coefficient (Wildman–Crippen LogP) is 4.60.